The van der Waals surface area contributed by atoms with Crippen molar-refractivity contribution in [3.63, 3.8) is 0 Å². The summed E-state index contributed by atoms with van der Waals surface area (Å²) in [6.07, 6.45) is 8.01. The van der Waals surface area contributed by atoms with Crippen molar-refractivity contribution in [1.29, 1.82) is 0 Å². The van der Waals surface area contributed by atoms with Crippen LogP contribution in [0.3, 0.4) is 0 Å². The second-order valence-corrected chi connectivity index (χ2v) is 6.20. The first-order valence-electron chi connectivity index (χ1n) is 8.49. The fourth-order valence-electron chi connectivity index (χ4n) is 3.35. The van der Waals surface area contributed by atoms with E-state index in [0.29, 0.717) is 6.54 Å². The van der Waals surface area contributed by atoms with E-state index in [1.807, 2.05) is 41.2 Å². The Morgan fingerprint density at radius 1 is 1.21 bits per heavy atom. The number of carbonyl (C=O) groups excluding carboxylic acids is 1. The van der Waals surface area contributed by atoms with Gasteiger partial charge in [0.1, 0.15) is 0 Å². The molecular formula is C18H24N4O2. The van der Waals surface area contributed by atoms with Crippen LogP contribution in [0.15, 0.2) is 42.7 Å². The molecule has 1 aliphatic rings. The number of aromatic nitrogens is 2. The smallest absolute Gasteiger partial charge is 0.315 e. The van der Waals surface area contributed by atoms with Crippen molar-refractivity contribution in [3.05, 3.63) is 53.9 Å². The summed E-state index contributed by atoms with van der Waals surface area (Å²) >= 11 is 0. The van der Waals surface area contributed by atoms with Gasteiger partial charge in [-0.25, -0.2) is 4.79 Å². The summed E-state index contributed by atoms with van der Waals surface area (Å²) in [5.74, 6) is 0. The average Bonchev–Trinajstić information content (AvgIpc) is 3.15. The molecular weight excluding hydrogens is 304 g/mol. The quantitative estimate of drug-likeness (QED) is 0.788. The van der Waals surface area contributed by atoms with Gasteiger partial charge < -0.3 is 15.7 Å². The maximum absolute atomic E-state index is 12.3. The molecule has 2 aromatic rings. The van der Waals surface area contributed by atoms with Crippen LogP contribution < -0.4 is 10.6 Å². The number of hydrogen-bond donors (Lipinski definition) is 3. The molecule has 6 heteroatoms. The van der Waals surface area contributed by atoms with Crippen LogP contribution in [0, 0.1) is 0 Å². The number of benzene rings is 1. The molecule has 24 heavy (non-hydrogen) atoms. The average molecular weight is 328 g/mol. The highest BCUT2D eigenvalue weighted by atomic mass is 16.3. The van der Waals surface area contributed by atoms with Crippen molar-refractivity contribution in [1.82, 2.24) is 20.4 Å². The van der Waals surface area contributed by atoms with Gasteiger partial charge in [0.15, 0.2) is 0 Å². The minimum absolute atomic E-state index is 0.0243. The van der Waals surface area contributed by atoms with Crippen molar-refractivity contribution in [2.45, 2.75) is 50.9 Å². The molecule has 0 spiro atoms. The van der Waals surface area contributed by atoms with E-state index in [4.69, 9.17) is 0 Å². The van der Waals surface area contributed by atoms with Gasteiger partial charge in [-0.15, -0.1) is 0 Å². The lowest BCUT2D eigenvalue weighted by molar-refractivity contribution is 0.213. The third-order valence-electron chi connectivity index (χ3n) is 4.64. The van der Waals surface area contributed by atoms with E-state index in [1.165, 1.54) is 0 Å². The van der Waals surface area contributed by atoms with Gasteiger partial charge in [-0.05, 0) is 30.0 Å². The van der Waals surface area contributed by atoms with Crippen molar-refractivity contribution >= 4 is 6.03 Å². The third kappa shape index (κ3) is 3.94. The lowest BCUT2D eigenvalue weighted by Crippen LogP contribution is -2.47. The highest BCUT2D eigenvalue weighted by Crippen LogP contribution is 2.28. The van der Waals surface area contributed by atoms with Gasteiger partial charge in [0.05, 0.1) is 18.7 Å². The molecule has 1 heterocycles. The SMILES string of the molecule is O=C(NCc1ccccc1CO)NC1CCCCC1n1cccn1. The number of rotatable bonds is 5. The van der Waals surface area contributed by atoms with Gasteiger partial charge in [0.2, 0.25) is 0 Å². The number of nitrogens with one attached hydrogen (secondary N) is 2. The summed E-state index contributed by atoms with van der Waals surface area (Å²) in [6, 6.07) is 9.61. The zero-order chi connectivity index (χ0) is 16.8. The molecule has 3 rings (SSSR count). The van der Waals surface area contributed by atoms with E-state index in [1.54, 1.807) is 6.20 Å². The van der Waals surface area contributed by atoms with Crippen LogP contribution in [0.4, 0.5) is 4.79 Å². The molecule has 0 aliphatic heterocycles. The second kappa shape index (κ2) is 7.97. The van der Waals surface area contributed by atoms with E-state index >= 15 is 0 Å². The van der Waals surface area contributed by atoms with E-state index < -0.39 is 0 Å². The molecule has 2 amide bonds. The number of nitrogens with zero attached hydrogens (tertiary/aromatic N) is 2. The number of aliphatic hydroxyl groups excluding tert-OH is 1. The summed E-state index contributed by atoms with van der Waals surface area (Å²) in [7, 11) is 0. The highest BCUT2D eigenvalue weighted by molar-refractivity contribution is 5.74. The Kier molecular flexibility index (Phi) is 5.48. The molecule has 1 fully saturated rings. The molecule has 3 N–H and O–H groups in total. The first-order valence-corrected chi connectivity index (χ1v) is 8.49. The van der Waals surface area contributed by atoms with Gasteiger partial charge in [-0.2, -0.15) is 5.10 Å². The molecule has 0 saturated heterocycles. The molecule has 2 unspecified atom stereocenters. The summed E-state index contributed by atoms with van der Waals surface area (Å²) in [6.45, 7) is 0.380. The Morgan fingerprint density at radius 3 is 2.75 bits per heavy atom. The Bertz CT molecular complexity index is 657. The number of aliphatic hydroxyl groups is 1. The van der Waals surface area contributed by atoms with E-state index in [-0.39, 0.29) is 24.7 Å². The van der Waals surface area contributed by atoms with Crippen LogP contribution in [0.5, 0.6) is 0 Å². The molecule has 6 nitrogen and oxygen atoms in total. The van der Waals surface area contributed by atoms with Gasteiger partial charge in [0.25, 0.3) is 0 Å². The highest BCUT2D eigenvalue weighted by Gasteiger charge is 2.28. The zero-order valence-electron chi connectivity index (χ0n) is 13.7. The Labute approximate surface area is 141 Å². The molecule has 1 saturated carbocycles. The second-order valence-electron chi connectivity index (χ2n) is 6.20. The van der Waals surface area contributed by atoms with Gasteiger partial charge >= 0.3 is 6.03 Å². The third-order valence-corrected chi connectivity index (χ3v) is 4.64. The first-order chi connectivity index (χ1) is 11.8. The normalized spacial score (nSPS) is 20.5. The Morgan fingerprint density at radius 2 is 2.00 bits per heavy atom. The van der Waals surface area contributed by atoms with E-state index in [2.05, 4.69) is 15.7 Å². The Balaban J connectivity index is 1.57. The lowest BCUT2D eigenvalue weighted by Gasteiger charge is -2.32. The predicted molar refractivity (Wildman–Crippen MR) is 91.3 cm³/mol. The fraction of sp³-hybridized carbons (Fsp3) is 0.444. The summed E-state index contributed by atoms with van der Waals surface area (Å²) < 4.78 is 1.95. The van der Waals surface area contributed by atoms with Crippen LogP contribution >= 0.6 is 0 Å². The Hall–Kier alpha value is -2.34. The number of hydrogen-bond acceptors (Lipinski definition) is 3. The molecule has 0 radical (unpaired) electrons. The van der Waals surface area contributed by atoms with Crippen LogP contribution in [0.2, 0.25) is 0 Å². The summed E-state index contributed by atoms with van der Waals surface area (Å²) in [5, 5.41) is 19.7. The van der Waals surface area contributed by atoms with Crippen molar-refractivity contribution < 1.29 is 9.90 Å². The van der Waals surface area contributed by atoms with Crippen LogP contribution in [-0.4, -0.2) is 27.0 Å². The molecule has 1 aliphatic carbocycles. The lowest BCUT2D eigenvalue weighted by atomic mass is 9.90. The van der Waals surface area contributed by atoms with Gasteiger partial charge in [-0.3, -0.25) is 4.68 Å². The molecule has 2 atom stereocenters. The molecule has 1 aromatic heterocycles. The number of urea groups is 1. The van der Waals surface area contributed by atoms with E-state index in [0.717, 1.165) is 36.8 Å². The number of carbonyl (C=O) groups is 1. The maximum Gasteiger partial charge on any atom is 0.315 e. The van der Waals surface area contributed by atoms with E-state index in [9.17, 15) is 9.90 Å². The van der Waals surface area contributed by atoms with Crippen LogP contribution in [0.25, 0.3) is 0 Å². The largest absolute Gasteiger partial charge is 0.392 e. The van der Waals surface area contributed by atoms with Crippen LogP contribution in [0.1, 0.15) is 42.9 Å². The topological polar surface area (TPSA) is 79.2 Å². The molecule has 128 valence electrons. The summed E-state index contributed by atoms with van der Waals surface area (Å²) in [4.78, 5) is 12.3. The first kappa shape index (κ1) is 16.5. The molecule has 1 aromatic carbocycles. The van der Waals surface area contributed by atoms with Crippen molar-refractivity contribution in [2.75, 3.05) is 0 Å². The minimum Gasteiger partial charge on any atom is -0.392 e. The standard InChI is InChI=1S/C18H24N4O2/c23-13-15-7-2-1-6-14(15)12-19-18(24)21-16-8-3-4-9-17(16)22-11-5-10-20-22/h1-2,5-7,10-11,16-17,23H,3-4,8-9,12-13H2,(H2,19,21,24). The molecule has 0 bridgehead atoms. The predicted octanol–water partition coefficient (Wildman–Crippen LogP) is 2.36. The number of amides is 2. The van der Waals surface area contributed by atoms with Crippen LogP contribution in [-0.2, 0) is 13.2 Å². The van der Waals surface area contributed by atoms with Crippen molar-refractivity contribution in [3.8, 4) is 0 Å². The zero-order valence-corrected chi connectivity index (χ0v) is 13.7. The van der Waals surface area contributed by atoms with Gasteiger partial charge in [-0.1, -0.05) is 37.1 Å². The van der Waals surface area contributed by atoms with Crippen molar-refractivity contribution in [2.24, 2.45) is 0 Å². The minimum atomic E-state index is -0.174. The maximum atomic E-state index is 12.3. The monoisotopic (exact) mass is 328 g/mol. The fourth-order valence-corrected chi connectivity index (χ4v) is 3.35. The summed E-state index contributed by atoms with van der Waals surface area (Å²) in [5.41, 5.74) is 1.77. The van der Waals surface area contributed by atoms with Gasteiger partial charge in [0, 0.05) is 18.9 Å².